The number of hydrogen-bond acceptors (Lipinski definition) is 5. The first-order chi connectivity index (χ1) is 11.1. The van der Waals surface area contributed by atoms with Gasteiger partial charge in [0, 0.05) is 18.5 Å². The van der Waals surface area contributed by atoms with Crippen LogP contribution < -0.4 is 10.6 Å². The van der Waals surface area contributed by atoms with E-state index in [4.69, 9.17) is 9.47 Å². The maximum absolute atomic E-state index is 12.0. The van der Waals surface area contributed by atoms with E-state index in [0.717, 1.165) is 0 Å². The molecule has 1 heterocycles. The number of nitrogens with one attached hydrogen (secondary N) is 2. The standard InChI is InChI=1S/C17H28N2O5/c1-11(2)23-14(20)7-6-13(10-12-8-9-18-15(12)21)19-16(22)24-17(3,4)5/h6-7,11-13H,8-10H2,1-5H3,(H,18,21)(H,19,22)/t12-,13+/m0/s1. The van der Waals surface area contributed by atoms with Crippen molar-refractivity contribution in [2.45, 2.75) is 65.2 Å². The van der Waals surface area contributed by atoms with Gasteiger partial charge in [0.05, 0.1) is 12.1 Å². The van der Waals surface area contributed by atoms with Gasteiger partial charge in [0.1, 0.15) is 5.60 Å². The Bertz CT molecular complexity index is 494. The highest BCUT2D eigenvalue weighted by molar-refractivity contribution is 5.83. The van der Waals surface area contributed by atoms with Gasteiger partial charge in [0.15, 0.2) is 0 Å². The van der Waals surface area contributed by atoms with Crippen molar-refractivity contribution < 1.29 is 23.9 Å². The van der Waals surface area contributed by atoms with Crippen molar-refractivity contribution in [3.05, 3.63) is 12.2 Å². The SMILES string of the molecule is CC(C)OC(=O)C=C[C@H](C[C@@H]1CCNC1=O)NC(=O)OC(C)(C)C. The van der Waals surface area contributed by atoms with Crippen LogP contribution in [0, 0.1) is 5.92 Å². The molecule has 136 valence electrons. The van der Waals surface area contributed by atoms with Gasteiger partial charge in [0.25, 0.3) is 0 Å². The highest BCUT2D eigenvalue weighted by atomic mass is 16.6. The molecule has 0 aromatic carbocycles. The predicted octanol–water partition coefficient (Wildman–Crippen LogP) is 1.91. The first kappa shape index (κ1) is 20.0. The van der Waals surface area contributed by atoms with E-state index in [1.54, 1.807) is 40.7 Å². The number of alkyl carbamates (subject to hydrolysis) is 1. The van der Waals surface area contributed by atoms with Crippen molar-refractivity contribution in [2.24, 2.45) is 5.92 Å². The Hall–Kier alpha value is -2.05. The van der Waals surface area contributed by atoms with Gasteiger partial charge < -0.3 is 20.1 Å². The summed E-state index contributed by atoms with van der Waals surface area (Å²) in [7, 11) is 0. The summed E-state index contributed by atoms with van der Waals surface area (Å²) in [5, 5.41) is 5.45. The smallest absolute Gasteiger partial charge is 0.408 e. The summed E-state index contributed by atoms with van der Waals surface area (Å²) in [5.41, 5.74) is -0.625. The van der Waals surface area contributed by atoms with Gasteiger partial charge >= 0.3 is 12.1 Å². The summed E-state index contributed by atoms with van der Waals surface area (Å²) in [6, 6.07) is -0.492. The molecule has 1 rings (SSSR count). The Morgan fingerprint density at radius 3 is 2.54 bits per heavy atom. The molecule has 0 unspecified atom stereocenters. The Morgan fingerprint density at radius 1 is 1.38 bits per heavy atom. The van der Waals surface area contributed by atoms with Crippen molar-refractivity contribution in [2.75, 3.05) is 6.54 Å². The maximum atomic E-state index is 12.0. The lowest BCUT2D eigenvalue weighted by Crippen LogP contribution is -2.40. The summed E-state index contributed by atoms with van der Waals surface area (Å²) < 4.78 is 10.3. The lowest BCUT2D eigenvalue weighted by atomic mass is 9.98. The second kappa shape index (κ2) is 8.70. The molecule has 0 aromatic heterocycles. The molecule has 7 heteroatoms. The average Bonchev–Trinajstić information content (AvgIpc) is 2.78. The van der Waals surface area contributed by atoms with Crippen LogP contribution in [0.25, 0.3) is 0 Å². The minimum Gasteiger partial charge on any atom is -0.460 e. The highest BCUT2D eigenvalue weighted by Crippen LogP contribution is 2.17. The second-order valence-corrected chi connectivity index (χ2v) is 7.11. The predicted molar refractivity (Wildman–Crippen MR) is 89.3 cm³/mol. The third-order valence-corrected chi connectivity index (χ3v) is 3.22. The third-order valence-electron chi connectivity index (χ3n) is 3.22. The number of esters is 1. The second-order valence-electron chi connectivity index (χ2n) is 7.11. The van der Waals surface area contributed by atoms with Gasteiger partial charge in [-0.3, -0.25) is 4.79 Å². The van der Waals surface area contributed by atoms with Crippen LogP contribution in [0.15, 0.2) is 12.2 Å². The Kier molecular flexibility index (Phi) is 7.25. The minimum absolute atomic E-state index is 0.0378. The molecule has 0 radical (unpaired) electrons. The lowest BCUT2D eigenvalue weighted by molar-refractivity contribution is -0.141. The summed E-state index contributed by atoms with van der Waals surface area (Å²) in [5.74, 6) is -0.725. The molecule has 24 heavy (non-hydrogen) atoms. The monoisotopic (exact) mass is 340 g/mol. The van der Waals surface area contributed by atoms with E-state index in [2.05, 4.69) is 10.6 Å². The highest BCUT2D eigenvalue weighted by Gasteiger charge is 2.28. The largest absolute Gasteiger partial charge is 0.460 e. The fourth-order valence-electron chi connectivity index (χ4n) is 2.29. The fraction of sp³-hybridized carbons (Fsp3) is 0.706. The molecule has 2 atom stereocenters. The summed E-state index contributed by atoms with van der Waals surface area (Å²) in [4.78, 5) is 35.3. The molecule has 0 aliphatic carbocycles. The zero-order chi connectivity index (χ0) is 18.3. The molecule has 0 aromatic rings. The van der Waals surface area contributed by atoms with Crippen molar-refractivity contribution in [1.29, 1.82) is 0 Å². The van der Waals surface area contributed by atoms with E-state index in [-0.39, 0.29) is 17.9 Å². The van der Waals surface area contributed by atoms with Gasteiger partial charge in [-0.25, -0.2) is 9.59 Å². The number of rotatable bonds is 6. The molecule has 1 fully saturated rings. The third kappa shape index (κ3) is 7.99. The molecular weight excluding hydrogens is 312 g/mol. The molecule has 0 bridgehead atoms. The minimum atomic E-state index is -0.625. The van der Waals surface area contributed by atoms with Gasteiger partial charge in [0.2, 0.25) is 5.91 Å². The number of carbonyl (C=O) groups excluding carboxylic acids is 3. The van der Waals surface area contributed by atoms with Crippen LogP contribution in [0.4, 0.5) is 4.79 Å². The molecule has 2 amide bonds. The molecule has 7 nitrogen and oxygen atoms in total. The number of carbonyl (C=O) groups is 3. The van der Waals surface area contributed by atoms with Gasteiger partial charge in [-0.2, -0.15) is 0 Å². The van der Waals surface area contributed by atoms with Crippen LogP contribution in [0.5, 0.6) is 0 Å². The van der Waals surface area contributed by atoms with Crippen molar-refractivity contribution in [3.8, 4) is 0 Å². The fourth-order valence-corrected chi connectivity index (χ4v) is 2.29. The van der Waals surface area contributed by atoms with Crippen molar-refractivity contribution in [3.63, 3.8) is 0 Å². The van der Waals surface area contributed by atoms with E-state index in [1.165, 1.54) is 6.08 Å². The first-order valence-electron chi connectivity index (χ1n) is 8.23. The molecule has 1 aliphatic rings. The zero-order valence-corrected chi connectivity index (χ0v) is 15.0. The Balaban J connectivity index is 2.71. The van der Waals surface area contributed by atoms with Gasteiger partial charge in [-0.15, -0.1) is 0 Å². The van der Waals surface area contributed by atoms with E-state index in [1.807, 2.05) is 0 Å². The van der Waals surface area contributed by atoms with Crippen LogP contribution in [-0.4, -0.2) is 42.3 Å². The molecule has 1 saturated heterocycles. The molecular formula is C17H28N2O5. The molecule has 2 N–H and O–H groups in total. The van der Waals surface area contributed by atoms with Gasteiger partial charge in [-0.05, 0) is 47.5 Å². The van der Waals surface area contributed by atoms with Crippen LogP contribution in [0.3, 0.4) is 0 Å². The quantitative estimate of drug-likeness (QED) is 0.569. The number of ether oxygens (including phenoxy) is 2. The Labute approximate surface area is 143 Å². The maximum Gasteiger partial charge on any atom is 0.408 e. The van der Waals surface area contributed by atoms with E-state index >= 15 is 0 Å². The zero-order valence-electron chi connectivity index (χ0n) is 15.0. The van der Waals surface area contributed by atoms with Crippen LogP contribution in [-0.2, 0) is 19.1 Å². The first-order valence-corrected chi connectivity index (χ1v) is 8.23. The number of hydrogen-bond donors (Lipinski definition) is 2. The van der Waals surface area contributed by atoms with Crippen LogP contribution in [0.2, 0.25) is 0 Å². The van der Waals surface area contributed by atoms with Crippen molar-refractivity contribution in [1.82, 2.24) is 10.6 Å². The molecule has 0 saturated carbocycles. The summed E-state index contributed by atoms with van der Waals surface area (Å²) >= 11 is 0. The van der Waals surface area contributed by atoms with Gasteiger partial charge in [-0.1, -0.05) is 6.08 Å². The van der Waals surface area contributed by atoms with Crippen LogP contribution >= 0.6 is 0 Å². The topological polar surface area (TPSA) is 93.7 Å². The molecule has 1 aliphatic heterocycles. The summed E-state index contributed by atoms with van der Waals surface area (Å²) in [6.45, 7) is 9.43. The van der Waals surface area contributed by atoms with Crippen LogP contribution in [0.1, 0.15) is 47.5 Å². The average molecular weight is 340 g/mol. The van der Waals surface area contributed by atoms with Crippen molar-refractivity contribution >= 4 is 18.0 Å². The molecule has 0 spiro atoms. The Morgan fingerprint density at radius 2 is 2.04 bits per heavy atom. The van der Waals surface area contributed by atoms with E-state index < -0.39 is 23.7 Å². The summed E-state index contributed by atoms with van der Waals surface area (Å²) in [6.07, 6.45) is 3.11. The lowest BCUT2D eigenvalue weighted by Gasteiger charge is -2.23. The van der Waals surface area contributed by atoms with E-state index in [9.17, 15) is 14.4 Å². The van der Waals surface area contributed by atoms with E-state index in [0.29, 0.717) is 19.4 Å². The normalized spacial score (nSPS) is 19.2. The number of amides is 2.